The van der Waals surface area contributed by atoms with Gasteiger partial charge in [-0.25, -0.2) is 5.90 Å². The van der Waals surface area contributed by atoms with Crippen LogP contribution in [0.2, 0.25) is 0 Å². The van der Waals surface area contributed by atoms with Crippen LogP contribution in [0.15, 0.2) is 10.3 Å². The Bertz CT molecular complexity index is 519. The molecule has 0 aromatic rings. The Hall–Kier alpha value is 2.31. The molecule has 0 bridgehead atoms. The van der Waals surface area contributed by atoms with Gasteiger partial charge in [-0.15, -0.1) is 35.6 Å². The van der Waals surface area contributed by atoms with E-state index in [1.54, 1.807) is 6.92 Å². The van der Waals surface area contributed by atoms with E-state index in [0.717, 1.165) is 36.4 Å². The molecule has 12 nitrogen and oxygen atoms in total. The normalized spacial score (nSPS) is 9.28. The monoisotopic (exact) mass is 717 g/mol. The molecule has 0 saturated heterocycles. The predicted octanol–water partition coefficient (Wildman–Crippen LogP) is -5.73. The van der Waals surface area contributed by atoms with Crippen LogP contribution in [-0.4, -0.2) is 106 Å². The summed E-state index contributed by atoms with van der Waals surface area (Å²) >= 11 is 10.1. The first kappa shape index (κ1) is 69.2. The topological polar surface area (TPSA) is 181 Å². The van der Waals surface area contributed by atoms with Gasteiger partial charge >= 0.3 is 103 Å². The molecule has 0 aliphatic carbocycles. The van der Waals surface area contributed by atoms with Crippen molar-refractivity contribution in [3.63, 3.8) is 0 Å². The summed E-state index contributed by atoms with van der Waals surface area (Å²) in [6.45, 7) is 25.6. The number of hydrogen-bond donors (Lipinski definition) is 4. The molecule has 0 spiro atoms. The zero-order valence-corrected chi connectivity index (χ0v) is 35.7. The van der Waals surface area contributed by atoms with Crippen LogP contribution < -0.4 is 126 Å². The number of carbonyl (C=O) groups is 2. The quantitative estimate of drug-likeness (QED) is 0.0237. The van der Waals surface area contributed by atoms with E-state index >= 15 is 0 Å². The second kappa shape index (κ2) is 60.5. The van der Waals surface area contributed by atoms with E-state index in [2.05, 4.69) is 67.5 Å². The first-order valence-corrected chi connectivity index (χ1v) is 12.6. The number of ketones is 1. The Morgan fingerprint density at radius 3 is 1.25 bits per heavy atom. The van der Waals surface area contributed by atoms with Crippen LogP contribution in [0, 0.1) is 0 Å². The number of oxime groups is 2. The number of hydrogen-bond acceptors (Lipinski definition) is 11. The van der Waals surface area contributed by atoms with Gasteiger partial charge in [0.15, 0.2) is 0 Å². The Kier molecular flexibility index (Phi) is 105. The molecular weight excluding hydrogens is 666 g/mol. The number of quaternary nitrogens is 1. The van der Waals surface area contributed by atoms with E-state index in [-0.39, 0.29) is 147 Å². The molecule has 18 heteroatoms. The van der Waals surface area contributed by atoms with Gasteiger partial charge in [0.25, 0.3) is 6.47 Å². The third-order valence-electron chi connectivity index (χ3n) is 4.68. The van der Waals surface area contributed by atoms with Crippen molar-refractivity contribution in [1.29, 1.82) is 0 Å². The van der Waals surface area contributed by atoms with Crippen molar-refractivity contribution in [2.45, 2.75) is 62.3 Å². The molecule has 40 heavy (non-hydrogen) atoms. The molecule has 0 unspecified atom stereocenters. The van der Waals surface area contributed by atoms with Gasteiger partial charge in [0, 0.05) is 0 Å². The van der Waals surface area contributed by atoms with Crippen LogP contribution in [-0.2, 0) is 14.5 Å². The summed E-state index contributed by atoms with van der Waals surface area (Å²) in [7, 11) is 0. The fourth-order valence-corrected chi connectivity index (χ4v) is 2.27. The summed E-state index contributed by atoms with van der Waals surface area (Å²) < 4.78 is 1.01. The van der Waals surface area contributed by atoms with Gasteiger partial charge in [0.1, 0.15) is 18.0 Å². The Balaban J connectivity index is -0.0000000305. The van der Waals surface area contributed by atoms with Crippen LogP contribution >= 0.6 is 35.6 Å². The molecular formula is C22H53Cl4K2N5O7. The average molecular weight is 720 g/mol. The summed E-state index contributed by atoms with van der Waals surface area (Å²) in [4.78, 5) is 23.3. The second-order valence-electron chi connectivity index (χ2n) is 6.90. The molecule has 0 amide bonds. The van der Waals surface area contributed by atoms with E-state index in [1.807, 2.05) is 6.92 Å². The average Bonchev–Trinajstić information content (AvgIpc) is 2.94. The fourth-order valence-electron chi connectivity index (χ4n) is 2.22. The molecule has 0 aliphatic rings. The number of carbonyl (C=O) groups excluding carboxylic acids is 2. The summed E-state index contributed by atoms with van der Waals surface area (Å²) in [5.74, 6) is 3.96. The van der Waals surface area contributed by atoms with Crippen LogP contribution in [0.5, 0.6) is 0 Å². The maximum atomic E-state index is 9.68. The fraction of sp³-hybridized carbons (Fsp3) is 0.818. The van der Waals surface area contributed by atoms with Crippen molar-refractivity contribution in [1.82, 2.24) is 4.90 Å². The van der Waals surface area contributed by atoms with Gasteiger partial charge in [-0.05, 0) is 61.2 Å². The maximum Gasteiger partial charge on any atom is 1.00 e. The second-order valence-corrected chi connectivity index (χ2v) is 7.43. The molecule has 0 aromatic heterocycles. The standard InChI is InChI=1S/C9H20N2O.C6H15N.C3H6ClNO.C3H5ClO.CH2O3.2ClH.2K.H3NO.H/c1-5-11(6-2,7-3)8-9(4)10-12;1-4-7(5-2)6-3;1-3(2-4)5-6;1-3(5)2-4;2-1-4-3;;;;;1-2;/h5-8H2,1-4H3;4-6H2,1-3H3;6H,2H2,1H3;2H2,1H3;1,3H;2*1H;;;2H,1H2;/q;;;;;;;2*+1;;-1/p-1/b10-9-;;5-3-;;;;;;;;. The summed E-state index contributed by atoms with van der Waals surface area (Å²) in [5.41, 5.74) is 1.36. The maximum absolute atomic E-state index is 9.68. The van der Waals surface area contributed by atoms with Crippen molar-refractivity contribution in [3.8, 4) is 0 Å². The third kappa shape index (κ3) is 63.5. The van der Waals surface area contributed by atoms with Gasteiger partial charge in [0.2, 0.25) is 0 Å². The number of Topliss-reactive ketones (excluding diaryl/α,β-unsaturated/α-hetero) is 1. The molecule has 0 atom stereocenters. The number of alkyl halides is 2. The predicted molar refractivity (Wildman–Crippen MR) is 154 cm³/mol. The molecule has 238 valence electrons. The SMILES string of the molecule is C/C(CCl)=N/O.CC(=O)CCl.CCN(CC)CC.CC[N+](CC)(CC)C/C(C)=N\O.Cl.NO.O=CO[O-].[Cl-].[H-].[K+].[K+]. The third-order valence-corrected chi connectivity index (χ3v) is 5.44. The zero-order valence-electron chi connectivity index (χ0n) is 27.3. The first-order chi connectivity index (χ1) is 17.0. The van der Waals surface area contributed by atoms with Crippen LogP contribution in [0.25, 0.3) is 0 Å². The van der Waals surface area contributed by atoms with E-state index < -0.39 is 0 Å². The molecule has 0 fully saturated rings. The Morgan fingerprint density at radius 1 is 0.900 bits per heavy atom. The van der Waals surface area contributed by atoms with E-state index in [1.165, 1.54) is 26.6 Å². The minimum Gasteiger partial charge on any atom is -1.00 e. The first-order valence-electron chi connectivity index (χ1n) is 11.5. The van der Waals surface area contributed by atoms with E-state index in [0.29, 0.717) is 11.6 Å². The molecule has 0 saturated carbocycles. The largest absolute Gasteiger partial charge is 1.00 e. The Morgan fingerprint density at radius 2 is 1.18 bits per heavy atom. The molecule has 0 aromatic carbocycles. The summed E-state index contributed by atoms with van der Waals surface area (Å²) in [6.07, 6.45) is 0. The minimum absolute atomic E-state index is 0. The number of halogens is 4. The van der Waals surface area contributed by atoms with Crippen molar-refractivity contribution >= 4 is 59.3 Å². The van der Waals surface area contributed by atoms with Gasteiger partial charge < -0.3 is 49.0 Å². The number of nitrogens with zero attached hydrogens (tertiary/aromatic N) is 4. The van der Waals surface area contributed by atoms with Crippen LogP contribution in [0.1, 0.15) is 63.7 Å². The zero-order chi connectivity index (χ0) is 30.0. The van der Waals surface area contributed by atoms with Crippen molar-refractivity contribution in [2.75, 3.05) is 57.6 Å². The van der Waals surface area contributed by atoms with E-state index in [9.17, 15) is 4.79 Å². The van der Waals surface area contributed by atoms with Gasteiger partial charge in [-0.2, -0.15) is 0 Å². The minimum atomic E-state index is -0.181. The molecule has 0 radical (unpaired) electrons. The Labute approximate surface area is 351 Å². The van der Waals surface area contributed by atoms with E-state index in [4.69, 9.17) is 48.9 Å². The van der Waals surface area contributed by atoms with Gasteiger partial charge in [-0.3, -0.25) is 9.59 Å². The van der Waals surface area contributed by atoms with Crippen molar-refractivity contribution in [2.24, 2.45) is 16.2 Å². The number of nitrogens with two attached hydrogens (primary N) is 1. The smallest absolute Gasteiger partial charge is 1.00 e. The van der Waals surface area contributed by atoms with Gasteiger partial charge in [0.05, 0.1) is 37.1 Å². The van der Waals surface area contributed by atoms with Gasteiger partial charge in [-0.1, -0.05) is 31.1 Å². The van der Waals surface area contributed by atoms with Crippen LogP contribution in [0.4, 0.5) is 0 Å². The summed E-state index contributed by atoms with van der Waals surface area (Å²) in [6, 6.07) is 0. The molecule has 0 heterocycles. The summed E-state index contributed by atoms with van der Waals surface area (Å²) in [5, 5.41) is 37.3. The van der Waals surface area contributed by atoms with Crippen LogP contribution in [0.3, 0.4) is 0 Å². The molecule has 5 N–H and O–H groups in total. The van der Waals surface area contributed by atoms with Crippen molar-refractivity contribution in [3.05, 3.63) is 0 Å². The molecule has 0 rings (SSSR count). The molecule has 0 aliphatic heterocycles. The number of rotatable bonds is 11. The van der Waals surface area contributed by atoms with Crippen molar-refractivity contribution < 1.29 is 156 Å².